The van der Waals surface area contributed by atoms with E-state index in [-0.39, 0.29) is 9.90 Å². The van der Waals surface area contributed by atoms with E-state index in [1.807, 2.05) is 0 Å². The quantitative estimate of drug-likeness (QED) is 0.558. The van der Waals surface area contributed by atoms with Crippen molar-refractivity contribution in [3.63, 3.8) is 0 Å². The van der Waals surface area contributed by atoms with Gasteiger partial charge in [-0.3, -0.25) is 10.1 Å². The van der Waals surface area contributed by atoms with Gasteiger partial charge in [-0.1, -0.05) is 0 Å². The summed E-state index contributed by atoms with van der Waals surface area (Å²) in [6, 6.07) is 0. The average Bonchev–Trinajstić information content (AvgIpc) is 2.28. The highest BCUT2D eigenvalue weighted by molar-refractivity contribution is 7.92. The molecule has 0 amide bonds. The first-order chi connectivity index (χ1) is 5.84. The number of nitrogens with zero attached hydrogens (tertiary/aromatic N) is 1. The summed E-state index contributed by atoms with van der Waals surface area (Å²) in [6.45, 7) is 1.52. The Bertz CT molecular complexity index is 445. The van der Waals surface area contributed by atoms with Crippen molar-refractivity contribution in [1.29, 1.82) is 0 Å². The first-order valence-corrected chi connectivity index (χ1v) is 6.03. The third-order valence-corrected chi connectivity index (χ3v) is 4.37. The Balaban J connectivity index is 3.49. The van der Waals surface area contributed by atoms with Crippen LogP contribution in [0.4, 0.5) is 5.69 Å². The predicted molar refractivity (Wildman–Crippen MR) is 48.8 cm³/mol. The Morgan fingerprint density at radius 1 is 1.54 bits per heavy atom. The number of aryl methyl sites for hydroxylation is 1. The summed E-state index contributed by atoms with van der Waals surface area (Å²) in [5.41, 5.74) is 0.0860. The molecule has 5 nitrogen and oxygen atoms in total. The van der Waals surface area contributed by atoms with E-state index >= 15 is 0 Å². The summed E-state index contributed by atoms with van der Waals surface area (Å²) in [4.78, 5) is 9.83. The minimum absolute atomic E-state index is 0.171. The Morgan fingerprint density at radius 2 is 2.08 bits per heavy atom. The lowest BCUT2D eigenvalue weighted by molar-refractivity contribution is -0.387. The van der Waals surface area contributed by atoms with Crippen molar-refractivity contribution in [1.82, 2.24) is 0 Å². The van der Waals surface area contributed by atoms with Crippen molar-refractivity contribution in [3.8, 4) is 0 Å². The lowest BCUT2D eigenvalue weighted by Crippen LogP contribution is -1.99. The van der Waals surface area contributed by atoms with Gasteiger partial charge in [0, 0.05) is 17.2 Å². The molecule has 0 aliphatic heterocycles. The SMILES string of the molecule is Cc1csc(S(C)(=O)=O)c1[N+](=O)[O-]. The molecule has 0 N–H and O–H groups in total. The van der Waals surface area contributed by atoms with E-state index in [2.05, 4.69) is 0 Å². The molecule has 0 saturated heterocycles. The van der Waals surface area contributed by atoms with Crippen LogP contribution in [-0.2, 0) is 9.84 Å². The Morgan fingerprint density at radius 3 is 2.38 bits per heavy atom. The summed E-state index contributed by atoms with van der Waals surface area (Å²) < 4.78 is 22.0. The van der Waals surface area contributed by atoms with Gasteiger partial charge < -0.3 is 0 Å². The van der Waals surface area contributed by atoms with E-state index in [0.29, 0.717) is 5.56 Å². The maximum Gasteiger partial charge on any atom is 0.301 e. The van der Waals surface area contributed by atoms with Crippen LogP contribution in [0.1, 0.15) is 5.56 Å². The van der Waals surface area contributed by atoms with Crippen LogP contribution in [0.15, 0.2) is 9.59 Å². The maximum atomic E-state index is 11.1. The summed E-state index contributed by atoms with van der Waals surface area (Å²) >= 11 is 0.882. The molecule has 0 fully saturated rings. The second-order valence-corrected chi connectivity index (χ2v) is 5.67. The highest BCUT2D eigenvalue weighted by Crippen LogP contribution is 2.33. The zero-order valence-corrected chi connectivity index (χ0v) is 8.61. The molecule has 0 aliphatic rings. The van der Waals surface area contributed by atoms with Crippen molar-refractivity contribution in [2.24, 2.45) is 0 Å². The summed E-state index contributed by atoms with van der Waals surface area (Å²) in [5, 5.41) is 12.0. The van der Waals surface area contributed by atoms with Gasteiger partial charge in [0.15, 0.2) is 14.0 Å². The third-order valence-electron chi connectivity index (χ3n) is 1.43. The Kier molecular flexibility index (Phi) is 2.40. The van der Waals surface area contributed by atoms with Gasteiger partial charge in [-0.2, -0.15) is 0 Å². The summed E-state index contributed by atoms with van der Waals surface area (Å²) in [5.74, 6) is 0. The third kappa shape index (κ3) is 1.86. The van der Waals surface area contributed by atoms with Crippen molar-refractivity contribution in [2.45, 2.75) is 11.1 Å². The topological polar surface area (TPSA) is 77.3 Å². The van der Waals surface area contributed by atoms with Crippen molar-refractivity contribution in [3.05, 3.63) is 21.1 Å². The molecule has 0 atom stereocenters. The number of hydrogen-bond acceptors (Lipinski definition) is 5. The Labute approximate surface area is 79.1 Å². The number of hydrogen-bond donors (Lipinski definition) is 0. The van der Waals surface area contributed by atoms with Crippen LogP contribution in [0.5, 0.6) is 0 Å². The zero-order chi connectivity index (χ0) is 10.2. The molecule has 13 heavy (non-hydrogen) atoms. The van der Waals surface area contributed by atoms with Gasteiger partial charge in [0.25, 0.3) is 0 Å². The Hall–Kier alpha value is -0.950. The molecule has 1 aromatic heterocycles. The lowest BCUT2D eigenvalue weighted by Gasteiger charge is -1.93. The van der Waals surface area contributed by atoms with Crippen LogP contribution in [0.3, 0.4) is 0 Å². The van der Waals surface area contributed by atoms with Crippen molar-refractivity contribution < 1.29 is 13.3 Å². The molecule has 1 heterocycles. The van der Waals surface area contributed by atoms with E-state index < -0.39 is 14.8 Å². The summed E-state index contributed by atoms with van der Waals surface area (Å²) in [7, 11) is -3.48. The molecule has 1 aromatic rings. The molecule has 0 unspecified atom stereocenters. The monoisotopic (exact) mass is 221 g/mol. The van der Waals surface area contributed by atoms with Crippen LogP contribution in [-0.4, -0.2) is 19.6 Å². The molecular weight excluding hydrogens is 214 g/mol. The zero-order valence-electron chi connectivity index (χ0n) is 6.97. The molecule has 1 rings (SSSR count). The second-order valence-electron chi connectivity index (χ2n) is 2.58. The number of sulfone groups is 1. The van der Waals surface area contributed by atoms with Crippen LogP contribution >= 0.6 is 11.3 Å². The second kappa shape index (κ2) is 3.08. The van der Waals surface area contributed by atoms with Crippen LogP contribution in [0.2, 0.25) is 0 Å². The fraction of sp³-hybridized carbons (Fsp3) is 0.333. The minimum Gasteiger partial charge on any atom is -0.258 e. The highest BCUT2D eigenvalue weighted by Gasteiger charge is 2.26. The van der Waals surface area contributed by atoms with E-state index in [1.165, 1.54) is 12.3 Å². The van der Waals surface area contributed by atoms with Gasteiger partial charge in [-0.05, 0) is 6.92 Å². The normalized spacial score (nSPS) is 11.5. The molecule has 0 saturated carbocycles. The lowest BCUT2D eigenvalue weighted by atomic mass is 10.3. The molecule has 0 aliphatic carbocycles. The van der Waals surface area contributed by atoms with Gasteiger partial charge >= 0.3 is 5.69 Å². The van der Waals surface area contributed by atoms with Crippen molar-refractivity contribution >= 4 is 26.9 Å². The standard InChI is InChI=1S/C6H7NO4S2/c1-4-3-12-6(13(2,10)11)5(4)7(8)9/h3H,1-2H3. The average molecular weight is 221 g/mol. The molecular formula is C6H7NO4S2. The van der Waals surface area contributed by atoms with Gasteiger partial charge in [0.1, 0.15) is 0 Å². The van der Waals surface area contributed by atoms with Crippen molar-refractivity contribution in [2.75, 3.05) is 6.26 Å². The molecule has 0 aromatic carbocycles. The molecule has 72 valence electrons. The van der Waals surface area contributed by atoms with Crippen LogP contribution < -0.4 is 0 Å². The minimum atomic E-state index is -3.48. The molecule has 0 spiro atoms. The van der Waals surface area contributed by atoms with Gasteiger partial charge in [-0.25, -0.2) is 8.42 Å². The number of rotatable bonds is 2. The molecule has 7 heteroatoms. The largest absolute Gasteiger partial charge is 0.301 e. The molecule has 0 bridgehead atoms. The predicted octanol–water partition coefficient (Wildman–Crippen LogP) is 1.37. The fourth-order valence-electron chi connectivity index (χ4n) is 0.896. The maximum absolute atomic E-state index is 11.1. The van der Waals surface area contributed by atoms with E-state index in [1.54, 1.807) is 0 Å². The van der Waals surface area contributed by atoms with E-state index in [0.717, 1.165) is 17.6 Å². The van der Waals surface area contributed by atoms with Gasteiger partial charge in [-0.15, -0.1) is 11.3 Å². The number of nitro groups is 1. The first-order valence-electron chi connectivity index (χ1n) is 3.26. The smallest absolute Gasteiger partial charge is 0.258 e. The van der Waals surface area contributed by atoms with Crippen LogP contribution in [0.25, 0.3) is 0 Å². The summed E-state index contributed by atoms with van der Waals surface area (Å²) in [6.07, 6.45) is 0.964. The molecule has 0 radical (unpaired) electrons. The fourth-order valence-corrected chi connectivity index (χ4v) is 3.07. The number of thiophene rings is 1. The van der Waals surface area contributed by atoms with Gasteiger partial charge in [0.2, 0.25) is 0 Å². The first kappa shape index (κ1) is 10.1. The highest BCUT2D eigenvalue weighted by atomic mass is 32.2. The van der Waals surface area contributed by atoms with Gasteiger partial charge in [0.05, 0.1) is 4.92 Å². The van der Waals surface area contributed by atoms with E-state index in [9.17, 15) is 18.5 Å². The van der Waals surface area contributed by atoms with E-state index in [4.69, 9.17) is 0 Å². The van der Waals surface area contributed by atoms with Crippen LogP contribution in [0, 0.1) is 17.0 Å².